The quantitative estimate of drug-likeness (QED) is 0.589. The lowest BCUT2D eigenvalue weighted by Gasteiger charge is -2.25. The van der Waals surface area contributed by atoms with Crippen LogP contribution in [0.15, 0.2) is 49.8 Å². The van der Waals surface area contributed by atoms with Crippen LogP contribution in [-0.2, 0) is 11.3 Å². The Hall–Kier alpha value is -3.30. The van der Waals surface area contributed by atoms with E-state index in [2.05, 4.69) is 42.0 Å². The summed E-state index contributed by atoms with van der Waals surface area (Å²) in [5.41, 5.74) is 3.33. The molecule has 3 aromatic heterocycles. The summed E-state index contributed by atoms with van der Waals surface area (Å²) in [4.78, 5) is 20.2. The second-order valence-corrected chi connectivity index (χ2v) is 6.61. The van der Waals surface area contributed by atoms with Gasteiger partial charge in [-0.05, 0) is 0 Å². The SMILES string of the molecule is C=C/C(=C\NC)c1cnc2c(Nc3cnc(CN4CCOCC4)nc3)nccn12. The molecule has 1 saturated heterocycles. The third-order valence-corrected chi connectivity index (χ3v) is 4.68. The standard InChI is InChI=1S/C20H24N8O/c1-3-15(10-21-2)17-13-25-20-19(22-4-5-28(17)20)26-16-11-23-18(24-12-16)14-27-6-8-29-9-7-27/h3-5,10-13,21H,1,6-9,14H2,2H3,(H,22,26)/b15-10+. The van der Waals surface area contributed by atoms with E-state index >= 15 is 0 Å². The van der Waals surface area contributed by atoms with Crippen molar-refractivity contribution in [3.8, 4) is 0 Å². The Morgan fingerprint density at radius 1 is 1.17 bits per heavy atom. The molecule has 0 aromatic carbocycles. The van der Waals surface area contributed by atoms with Crippen LogP contribution in [0.2, 0.25) is 0 Å². The number of rotatable bonds is 7. The van der Waals surface area contributed by atoms with Gasteiger partial charge in [0.25, 0.3) is 0 Å². The molecule has 1 aliphatic heterocycles. The van der Waals surface area contributed by atoms with E-state index in [1.165, 1.54) is 0 Å². The molecular formula is C20H24N8O. The number of hydrogen-bond acceptors (Lipinski definition) is 8. The normalized spacial score (nSPS) is 15.4. The number of fused-ring (bicyclic) bond motifs is 1. The molecule has 1 aliphatic rings. The van der Waals surface area contributed by atoms with Gasteiger partial charge in [-0.1, -0.05) is 12.7 Å². The van der Waals surface area contributed by atoms with Crippen LogP contribution in [-0.4, -0.2) is 62.6 Å². The van der Waals surface area contributed by atoms with Crippen LogP contribution in [0.3, 0.4) is 0 Å². The second kappa shape index (κ2) is 8.80. The molecule has 2 N–H and O–H groups in total. The van der Waals surface area contributed by atoms with Crippen LogP contribution >= 0.6 is 0 Å². The zero-order chi connectivity index (χ0) is 20.1. The maximum absolute atomic E-state index is 5.38. The molecule has 0 saturated carbocycles. The lowest BCUT2D eigenvalue weighted by Crippen LogP contribution is -2.36. The molecule has 0 amide bonds. The van der Waals surface area contributed by atoms with Gasteiger partial charge in [-0.15, -0.1) is 0 Å². The third-order valence-electron chi connectivity index (χ3n) is 4.68. The molecule has 150 valence electrons. The van der Waals surface area contributed by atoms with Gasteiger partial charge in [0.1, 0.15) is 5.82 Å². The molecule has 1 fully saturated rings. The molecule has 0 radical (unpaired) electrons. The second-order valence-electron chi connectivity index (χ2n) is 6.61. The molecule has 9 nitrogen and oxygen atoms in total. The van der Waals surface area contributed by atoms with E-state index in [0.717, 1.165) is 55.6 Å². The summed E-state index contributed by atoms with van der Waals surface area (Å²) < 4.78 is 7.34. The molecule has 0 unspecified atom stereocenters. The number of morpholine rings is 1. The van der Waals surface area contributed by atoms with Crippen molar-refractivity contribution in [1.29, 1.82) is 0 Å². The van der Waals surface area contributed by atoms with Gasteiger partial charge >= 0.3 is 0 Å². The van der Waals surface area contributed by atoms with Crippen molar-refractivity contribution in [3.63, 3.8) is 0 Å². The van der Waals surface area contributed by atoms with Gasteiger partial charge in [-0.3, -0.25) is 9.30 Å². The minimum absolute atomic E-state index is 0.635. The first-order valence-corrected chi connectivity index (χ1v) is 9.49. The average molecular weight is 392 g/mol. The Bertz CT molecular complexity index is 1000. The first-order chi connectivity index (χ1) is 14.3. The zero-order valence-corrected chi connectivity index (χ0v) is 16.4. The minimum atomic E-state index is 0.635. The molecule has 0 bridgehead atoms. The van der Waals surface area contributed by atoms with Crippen LogP contribution < -0.4 is 10.6 Å². The highest BCUT2D eigenvalue weighted by atomic mass is 16.5. The fraction of sp³-hybridized carbons (Fsp3) is 0.300. The Morgan fingerprint density at radius 3 is 2.69 bits per heavy atom. The molecule has 9 heteroatoms. The van der Waals surface area contributed by atoms with E-state index < -0.39 is 0 Å². The lowest BCUT2D eigenvalue weighted by molar-refractivity contribution is 0.0330. The highest BCUT2D eigenvalue weighted by Crippen LogP contribution is 2.22. The van der Waals surface area contributed by atoms with Crippen molar-refractivity contribution >= 4 is 22.7 Å². The Labute approximate surface area is 169 Å². The zero-order valence-electron chi connectivity index (χ0n) is 16.4. The summed E-state index contributed by atoms with van der Waals surface area (Å²) in [5, 5.41) is 6.29. The van der Waals surface area contributed by atoms with Crippen molar-refractivity contribution in [3.05, 3.63) is 61.4 Å². The van der Waals surface area contributed by atoms with Gasteiger partial charge < -0.3 is 15.4 Å². The summed E-state index contributed by atoms with van der Waals surface area (Å²) in [6.07, 6.45) is 12.6. The maximum Gasteiger partial charge on any atom is 0.180 e. The number of nitrogens with zero attached hydrogens (tertiary/aromatic N) is 6. The molecular weight excluding hydrogens is 368 g/mol. The van der Waals surface area contributed by atoms with Crippen molar-refractivity contribution < 1.29 is 4.74 Å². The van der Waals surface area contributed by atoms with E-state index in [-0.39, 0.29) is 0 Å². The van der Waals surface area contributed by atoms with Crippen LogP contribution in [0.5, 0.6) is 0 Å². The Kier molecular flexibility index (Phi) is 5.78. The first kappa shape index (κ1) is 19.0. The molecule has 4 heterocycles. The highest BCUT2D eigenvalue weighted by molar-refractivity contribution is 5.76. The smallest absolute Gasteiger partial charge is 0.180 e. The summed E-state index contributed by atoms with van der Waals surface area (Å²) >= 11 is 0. The van der Waals surface area contributed by atoms with Gasteiger partial charge in [-0.25, -0.2) is 19.9 Å². The number of anilines is 2. The maximum atomic E-state index is 5.38. The summed E-state index contributed by atoms with van der Waals surface area (Å²) in [5.74, 6) is 1.43. The number of hydrogen-bond donors (Lipinski definition) is 2. The van der Waals surface area contributed by atoms with Crippen molar-refractivity contribution in [2.24, 2.45) is 0 Å². The number of nitrogens with one attached hydrogen (secondary N) is 2. The lowest BCUT2D eigenvalue weighted by atomic mass is 10.2. The third kappa shape index (κ3) is 4.25. The van der Waals surface area contributed by atoms with Crippen LogP contribution in [0.25, 0.3) is 11.2 Å². The van der Waals surface area contributed by atoms with Crippen molar-refractivity contribution in [1.82, 2.24) is 34.6 Å². The number of ether oxygens (including phenoxy) is 1. The highest BCUT2D eigenvalue weighted by Gasteiger charge is 2.13. The summed E-state index contributed by atoms with van der Waals surface area (Å²) in [6, 6.07) is 0. The van der Waals surface area contributed by atoms with Crippen molar-refractivity contribution in [2.45, 2.75) is 6.54 Å². The summed E-state index contributed by atoms with van der Waals surface area (Å²) in [7, 11) is 1.85. The molecule has 0 aliphatic carbocycles. The minimum Gasteiger partial charge on any atom is -0.393 e. The molecule has 4 rings (SSSR count). The number of allylic oxidation sites excluding steroid dienone is 2. The fourth-order valence-corrected chi connectivity index (χ4v) is 3.21. The molecule has 0 spiro atoms. The van der Waals surface area contributed by atoms with Gasteiger partial charge in [-0.2, -0.15) is 0 Å². The Balaban J connectivity index is 1.52. The van der Waals surface area contributed by atoms with Gasteiger partial charge in [0.05, 0.1) is 49.7 Å². The molecule has 3 aromatic rings. The van der Waals surface area contributed by atoms with Gasteiger partial charge in [0.2, 0.25) is 0 Å². The molecule has 29 heavy (non-hydrogen) atoms. The average Bonchev–Trinajstić information content (AvgIpc) is 3.19. The van der Waals surface area contributed by atoms with E-state index in [0.29, 0.717) is 11.5 Å². The molecule has 0 atom stereocenters. The monoisotopic (exact) mass is 392 g/mol. The van der Waals surface area contributed by atoms with Crippen molar-refractivity contribution in [2.75, 3.05) is 38.7 Å². The topological polar surface area (TPSA) is 92.5 Å². The fourth-order valence-electron chi connectivity index (χ4n) is 3.21. The predicted molar refractivity (Wildman–Crippen MR) is 112 cm³/mol. The first-order valence-electron chi connectivity index (χ1n) is 9.49. The van der Waals surface area contributed by atoms with E-state index in [4.69, 9.17) is 4.74 Å². The van der Waals surface area contributed by atoms with Gasteiger partial charge in [0, 0.05) is 44.3 Å². The number of imidazole rings is 1. The van der Waals surface area contributed by atoms with E-state index in [9.17, 15) is 0 Å². The van der Waals surface area contributed by atoms with Gasteiger partial charge in [0.15, 0.2) is 11.5 Å². The Morgan fingerprint density at radius 2 is 1.97 bits per heavy atom. The van der Waals surface area contributed by atoms with E-state index in [1.807, 2.05) is 23.8 Å². The largest absolute Gasteiger partial charge is 0.393 e. The van der Waals surface area contributed by atoms with E-state index in [1.54, 1.807) is 30.9 Å². The van der Waals surface area contributed by atoms with Crippen LogP contribution in [0, 0.1) is 0 Å². The summed E-state index contributed by atoms with van der Waals surface area (Å²) in [6.45, 7) is 7.94. The number of aromatic nitrogens is 5. The van der Waals surface area contributed by atoms with Crippen LogP contribution in [0.4, 0.5) is 11.5 Å². The van der Waals surface area contributed by atoms with Crippen LogP contribution in [0.1, 0.15) is 11.5 Å². The predicted octanol–water partition coefficient (Wildman–Crippen LogP) is 1.84.